The Bertz CT molecular complexity index is 283. The summed E-state index contributed by atoms with van der Waals surface area (Å²) in [5, 5.41) is 0. The monoisotopic (exact) mass is 240 g/mol. The lowest BCUT2D eigenvalue weighted by Gasteiger charge is -2.10. The van der Waals surface area contributed by atoms with E-state index in [1.807, 2.05) is 19.1 Å². The Labute approximate surface area is 100 Å². The topological polar surface area (TPSA) is 26.3 Å². The lowest BCUT2D eigenvalue weighted by atomic mass is 10.1. The van der Waals surface area contributed by atoms with E-state index in [4.69, 9.17) is 4.74 Å². The molecule has 0 heterocycles. The van der Waals surface area contributed by atoms with Crippen molar-refractivity contribution >= 4 is 14.0 Å². The minimum Gasteiger partial charge on any atom is -0.462 e. The third-order valence-corrected chi connectivity index (χ3v) is 2.95. The summed E-state index contributed by atoms with van der Waals surface area (Å²) in [5.74, 6) is 0.136. The third kappa shape index (κ3) is 7.46. The van der Waals surface area contributed by atoms with Gasteiger partial charge >= 0.3 is 5.97 Å². The number of ether oxygens (including phenoxy) is 1. The zero-order valence-electron chi connectivity index (χ0n) is 11.3. The van der Waals surface area contributed by atoms with Gasteiger partial charge in [0.15, 0.2) is 0 Å². The van der Waals surface area contributed by atoms with Gasteiger partial charge < -0.3 is 4.74 Å². The molecule has 0 aliphatic rings. The number of carbonyl (C=O) groups excluding carboxylic acids is 1. The van der Waals surface area contributed by atoms with Crippen molar-refractivity contribution in [2.45, 2.75) is 40.4 Å². The fourth-order valence-corrected chi connectivity index (χ4v) is 1.78. The van der Waals surface area contributed by atoms with Crippen LogP contribution in [0.15, 0.2) is 23.4 Å². The van der Waals surface area contributed by atoms with E-state index in [0.29, 0.717) is 18.1 Å². The van der Waals surface area contributed by atoms with E-state index in [1.54, 1.807) is 0 Å². The van der Waals surface area contributed by atoms with Gasteiger partial charge in [-0.15, -0.1) is 0 Å². The largest absolute Gasteiger partial charge is 0.462 e. The number of rotatable bonds is 5. The molecule has 0 amide bonds. The number of allylic oxidation sites excluding steroid dienone is 1. The minimum absolute atomic E-state index is 0.217. The molecule has 0 bridgehead atoms. The molecule has 0 saturated heterocycles. The summed E-state index contributed by atoms with van der Waals surface area (Å²) in [5.41, 5.74) is 2.84. The van der Waals surface area contributed by atoms with Crippen LogP contribution in [-0.4, -0.2) is 20.7 Å². The zero-order valence-corrected chi connectivity index (χ0v) is 12.3. The molecule has 3 heteroatoms. The standard InChI is InChI=1S/C13H24O2Si/c1-7-15-13(14)12(10-11(2)3)8-9-16(4,5)6/h8-11H,7H2,1-6H3/b9-8+,12-10-. The van der Waals surface area contributed by atoms with E-state index in [0.717, 1.165) is 0 Å². The molecule has 0 fully saturated rings. The summed E-state index contributed by atoms with van der Waals surface area (Å²) in [6, 6.07) is 0. The summed E-state index contributed by atoms with van der Waals surface area (Å²) < 4.78 is 5.03. The van der Waals surface area contributed by atoms with Crippen molar-refractivity contribution in [3.8, 4) is 0 Å². The van der Waals surface area contributed by atoms with Crippen molar-refractivity contribution in [3.05, 3.63) is 23.4 Å². The molecule has 0 aromatic rings. The molecule has 0 aromatic carbocycles. The number of hydrogen-bond donors (Lipinski definition) is 0. The van der Waals surface area contributed by atoms with Crippen LogP contribution in [0.25, 0.3) is 0 Å². The van der Waals surface area contributed by atoms with Gasteiger partial charge in [-0.2, -0.15) is 0 Å². The average molecular weight is 240 g/mol. The smallest absolute Gasteiger partial charge is 0.337 e. The van der Waals surface area contributed by atoms with Crippen LogP contribution >= 0.6 is 0 Å². The van der Waals surface area contributed by atoms with E-state index in [2.05, 4.69) is 39.2 Å². The van der Waals surface area contributed by atoms with Gasteiger partial charge in [0, 0.05) is 0 Å². The fourth-order valence-electron chi connectivity index (χ4n) is 1.10. The first-order valence-corrected chi connectivity index (χ1v) is 9.42. The van der Waals surface area contributed by atoms with E-state index in [9.17, 15) is 4.79 Å². The summed E-state index contributed by atoms with van der Waals surface area (Å²) in [4.78, 5) is 11.7. The maximum absolute atomic E-state index is 11.7. The second-order valence-corrected chi connectivity index (χ2v) is 10.4. The number of carbonyl (C=O) groups is 1. The Morgan fingerprint density at radius 1 is 1.31 bits per heavy atom. The van der Waals surface area contributed by atoms with Crippen LogP contribution in [0, 0.1) is 5.92 Å². The number of esters is 1. The molecule has 0 aliphatic carbocycles. The highest BCUT2D eigenvalue weighted by molar-refractivity contribution is 6.81. The normalized spacial score (nSPS) is 13.6. The van der Waals surface area contributed by atoms with Crippen LogP contribution in [0.5, 0.6) is 0 Å². The van der Waals surface area contributed by atoms with E-state index >= 15 is 0 Å². The molecule has 92 valence electrons. The predicted molar refractivity (Wildman–Crippen MR) is 72.0 cm³/mol. The van der Waals surface area contributed by atoms with Crippen LogP contribution in [0.4, 0.5) is 0 Å². The molecule has 0 unspecified atom stereocenters. The summed E-state index contributed by atoms with van der Waals surface area (Å²) in [6.45, 7) is 13.1. The van der Waals surface area contributed by atoms with Crippen molar-refractivity contribution in [2.24, 2.45) is 5.92 Å². The minimum atomic E-state index is -1.27. The van der Waals surface area contributed by atoms with Crippen LogP contribution in [-0.2, 0) is 9.53 Å². The maximum Gasteiger partial charge on any atom is 0.337 e. The van der Waals surface area contributed by atoms with E-state index in [1.165, 1.54) is 0 Å². The Morgan fingerprint density at radius 3 is 2.25 bits per heavy atom. The summed E-state index contributed by atoms with van der Waals surface area (Å²) in [6.07, 6.45) is 3.87. The highest BCUT2D eigenvalue weighted by atomic mass is 28.3. The lowest BCUT2D eigenvalue weighted by molar-refractivity contribution is -0.138. The van der Waals surface area contributed by atoms with Gasteiger partial charge in [-0.1, -0.05) is 51.3 Å². The van der Waals surface area contributed by atoms with Gasteiger partial charge in [0.1, 0.15) is 0 Å². The Kier molecular flexibility index (Phi) is 6.34. The first-order chi connectivity index (χ1) is 7.26. The molecule has 0 N–H and O–H groups in total. The molecule has 0 spiro atoms. The van der Waals surface area contributed by atoms with Crippen molar-refractivity contribution < 1.29 is 9.53 Å². The average Bonchev–Trinajstić information content (AvgIpc) is 2.10. The quantitative estimate of drug-likeness (QED) is 0.318. The SMILES string of the molecule is CCOC(=O)C(=C\C(C)C)/C=C/[Si](C)(C)C. The van der Waals surface area contributed by atoms with Crippen molar-refractivity contribution in [2.75, 3.05) is 6.61 Å². The second kappa shape index (κ2) is 6.69. The van der Waals surface area contributed by atoms with E-state index < -0.39 is 8.07 Å². The molecule has 0 aliphatic heterocycles. The zero-order chi connectivity index (χ0) is 12.8. The Morgan fingerprint density at radius 2 is 1.88 bits per heavy atom. The highest BCUT2D eigenvalue weighted by Crippen LogP contribution is 2.10. The molecule has 0 saturated carbocycles. The van der Waals surface area contributed by atoms with Crippen molar-refractivity contribution in [3.63, 3.8) is 0 Å². The van der Waals surface area contributed by atoms with Crippen molar-refractivity contribution in [1.82, 2.24) is 0 Å². The fraction of sp³-hybridized carbons (Fsp3) is 0.615. The lowest BCUT2D eigenvalue weighted by Crippen LogP contribution is -2.16. The maximum atomic E-state index is 11.7. The van der Waals surface area contributed by atoms with Crippen LogP contribution in [0.2, 0.25) is 19.6 Å². The van der Waals surface area contributed by atoms with Gasteiger partial charge in [-0.3, -0.25) is 0 Å². The van der Waals surface area contributed by atoms with Crippen LogP contribution in [0.3, 0.4) is 0 Å². The Balaban J connectivity index is 4.84. The summed E-state index contributed by atoms with van der Waals surface area (Å²) >= 11 is 0. The number of hydrogen-bond acceptors (Lipinski definition) is 2. The first kappa shape index (κ1) is 15.2. The van der Waals surface area contributed by atoms with Gasteiger partial charge in [0.25, 0.3) is 0 Å². The van der Waals surface area contributed by atoms with Gasteiger partial charge in [0.05, 0.1) is 20.3 Å². The van der Waals surface area contributed by atoms with E-state index in [-0.39, 0.29) is 5.97 Å². The molecule has 0 aromatic heterocycles. The van der Waals surface area contributed by atoms with Crippen LogP contribution in [0.1, 0.15) is 20.8 Å². The molecular weight excluding hydrogens is 216 g/mol. The second-order valence-electron chi connectivity index (χ2n) is 5.29. The molecule has 0 radical (unpaired) electrons. The molecular formula is C13H24O2Si. The predicted octanol–water partition coefficient (Wildman–Crippen LogP) is 3.57. The van der Waals surface area contributed by atoms with Crippen molar-refractivity contribution in [1.29, 1.82) is 0 Å². The van der Waals surface area contributed by atoms with Gasteiger partial charge in [0.2, 0.25) is 0 Å². The summed E-state index contributed by atoms with van der Waals surface area (Å²) in [7, 11) is -1.27. The van der Waals surface area contributed by atoms with Gasteiger partial charge in [-0.05, 0) is 12.8 Å². The first-order valence-electron chi connectivity index (χ1n) is 5.84. The molecule has 0 rings (SSSR count). The van der Waals surface area contributed by atoms with Gasteiger partial charge in [-0.25, -0.2) is 4.79 Å². The third-order valence-electron chi connectivity index (χ3n) is 1.79. The van der Waals surface area contributed by atoms with Crippen LogP contribution < -0.4 is 0 Å². The molecule has 16 heavy (non-hydrogen) atoms. The highest BCUT2D eigenvalue weighted by Gasteiger charge is 2.11. The Hall–Kier alpha value is -0.833. The molecule has 2 nitrogen and oxygen atoms in total. The molecule has 0 atom stereocenters.